The first-order valence-electron chi connectivity index (χ1n) is 10.1. The van der Waals surface area contributed by atoms with Crippen LogP contribution in [0.4, 0.5) is 5.69 Å². The lowest BCUT2D eigenvalue weighted by atomic mass is 10.2. The molecule has 3 rings (SSSR count). The van der Waals surface area contributed by atoms with Gasteiger partial charge in [0.1, 0.15) is 0 Å². The van der Waals surface area contributed by atoms with Gasteiger partial charge in [-0.1, -0.05) is 36.4 Å². The van der Waals surface area contributed by atoms with Crippen LogP contribution >= 0.6 is 0 Å². The van der Waals surface area contributed by atoms with Crippen molar-refractivity contribution in [3.05, 3.63) is 66.4 Å². The van der Waals surface area contributed by atoms with Gasteiger partial charge in [0.25, 0.3) is 0 Å². The van der Waals surface area contributed by atoms with Gasteiger partial charge in [0.2, 0.25) is 10.0 Å². The van der Waals surface area contributed by atoms with Gasteiger partial charge in [-0.15, -0.1) is 0 Å². The Labute approximate surface area is 178 Å². The number of nitrogens with zero attached hydrogens (tertiary/aromatic N) is 2. The zero-order chi connectivity index (χ0) is 21.4. The highest BCUT2D eigenvalue weighted by Gasteiger charge is 2.07. The lowest BCUT2D eigenvalue weighted by Crippen LogP contribution is -2.38. The highest BCUT2D eigenvalue weighted by atomic mass is 32.2. The van der Waals surface area contributed by atoms with E-state index in [0.717, 1.165) is 37.9 Å². The number of aryl methyl sites for hydroxylation is 1. The summed E-state index contributed by atoms with van der Waals surface area (Å²) in [7, 11) is -3.34. The number of hydrogen-bond donors (Lipinski definition) is 3. The van der Waals surface area contributed by atoms with Crippen molar-refractivity contribution in [1.29, 1.82) is 0 Å². The molecule has 0 spiro atoms. The van der Waals surface area contributed by atoms with Crippen molar-refractivity contribution < 1.29 is 8.42 Å². The third-order valence-corrected chi connectivity index (χ3v) is 5.20. The van der Waals surface area contributed by atoms with Gasteiger partial charge < -0.3 is 15.2 Å². The summed E-state index contributed by atoms with van der Waals surface area (Å²) in [5.74, 6) is 0.712. The average molecular weight is 428 g/mol. The summed E-state index contributed by atoms with van der Waals surface area (Å²) in [6.45, 7) is 4.83. The van der Waals surface area contributed by atoms with Crippen molar-refractivity contribution in [3.8, 4) is 0 Å². The van der Waals surface area contributed by atoms with Gasteiger partial charge >= 0.3 is 0 Å². The van der Waals surface area contributed by atoms with Crippen LogP contribution < -0.4 is 15.4 Å². The van der Waals surface area contributed by atoms with Crippen LogP contribution in [0.3, 0.4) is 0 Å². The summed E-state index contributed by atoms with van der Waals surface area (Å²) in [6, 6.07) is 17.8. The number of guanidine groups is 1. The van der Waals surface area contributed by atoms with Gasteiger partial charge in [0, 0.05) is 31.3 Å². The lowest BCUT2D eigenvalue weighted by molar-refractivity contribution is 0.606. The zero-order valence-electron chi connectivity index (χ0n) is 17.4. The van der Waals surface area contributed by atoms with E-state index in [1.807, 2.05) is 19.1 Å². The fraction of sp³-hybridized carbons (Fsp3) is 0.318. The summed E-state index contributed by atoms with van der Waals surface area (Å²) < 4.78 is 28.0. The van der Waals surface area contributed by atoms with Crippen LogP contribution in [0, 0.1) is 0 Å². The highest BCUT2D eigenvalue weighted by molar-refractivity contribution is 7.92. The molecule has 30 heavy (non-hydrogen) atoms. The summed E-state index contributed by atoms with van der Waals surface area (Å²) in [5, 5.41) is 7.84. The molecule has 0 bridgehead atoms. The number of nitrogens with one attached hydrogen (secondary N) is 3. The molecular weight excluding hydrogens is 398 g/mol. The molecule has 0 saturated carbocycles. The van der Waals surface area contributed by atoms with E-state index >= 15 is 0 Å². The van der Waals surface area contributed by atoms with E-state index in [1.165, 1.54) is 10.9 Å². The van der Waals surface area contributed by atoms with Crippen LogP contribution in [-0.2, 0) is 23.1 Å². The summed E-state index contributed by atoms with van der Waals surface area (Å²) in [4.78, 5) is 4.61. The van der Waals surface area contributed by atoms with Gasteiger partial charge in [-0.05, 0) is 42.5 Å². The van der Waals surface area contributed by atoms with Crippen LogP contribution in [0.25, 0.3) is 10.9 Å². The lowest BCUT2D eigenvalue weighted by Gasteiger charge is -2.13. The molecule has 0 unspecified atom stereocenters. The second-order valence-corrected chi connectivity index (χ2v) is 8.82. The third-order valence-electron chi connectivity index (χ3n) is 4.61. The van der Waals surface area contributed by atoms with Gasteiger partial charge in [-0.2, -0.15) is 0 Å². The van der Waals surface area contributed by atoms with E-state index in [1.54, 1.807) is 12.1 Å². The molecule has 0 fully saturated rings. The standard InChI is InChI=1S/C22H29N5O2S/c1-3-23-22(25-17-19-10-4-6-11-20(19)26-30(2,28)29)24-14-8-15-27-16-13-18-9-5-7-12-21(18)27/h4-7,9-13,16,26H,3,8,14-15,17H2,1-2H3,(H2,23,24,25). The first-order valence-corrected chi connectivity index (χ1v) is 12.0. The molecule has 0 amide bonds. The SMILES string of the molecule is CCNC(=NCc1ccccc1NS(C)(=O)=O)NCCCn1ccc2ccccc21. The van der Waals surface area contributed by atoms with E-state index < -0.39 is 10.0 Å². The fourth-order valence-electron chi connectivity index (χ4n) is 3.26. The van der Waals surface area contributed by atoms with E-state index in [0.29, 0.717) is 18.2 Å². The second-order valence-electron chi connectivity index (χ2n) is 7.07. The van der Waals surface area contributed by atoms with Crippen LogP contribution in [-0.4, -0.2) is 38.3 Å². The molecule has 0 radical (unpaired) electrons. The molecule has 8 heteroatoms. The van der Waals surface area contributed by atoms with Crippen LogP contribution in [0.2, 0.25) is 0 Å². The van der Waals surface area contributed by atoms with E-state index in [-0.39, 0.29) is 0 Å². The molecule has 0 aliphatic rings. The van der Waals surface area contributed by atoms with Crippen LogP contribution in [0.15, 0.2) is 65.8 Å². The monoisotopic (exact) mass is 427 g/mol. The highest BCUT2D eigenvalue weighted by Crippen LogP contribution is 2.17. The van der Waals surface area contributed by atoms with Crippen molar-refractivity contribution in [2.75, 3.05) is 24.1 Å². The molecule has 7 nitrogen and oxygen atoms in total. The first-order chi connectivity index (χ1) is 14.5. The van der Waals surface area contributed by atoms with Crippen molar-refractivity contribution in [2.45, 2.75) is 26.4 Å². The number of rotatable bonds is 9. The maximum atomic E-state index is 11.6. The van der Waals surface area contributed by atoms with E-state index in [4.69, 9.17) is 0 Å². The van der Waals surface area contributed by atoms with Crippen LogP contribution in [0.5, 0.6) is 0 Å². The Morgan fingerprint density at radius 3 is 2.60 bits per heavy atom. The number of benzene rings is 2. The molecule has 1 aromatic heterocycles. The van der Waals surface area contributed by atoms with Gasteiger partial charge in [0.05, 0.1) is 18.5 Å². The van der Waals surface area contributed by atoms with Gasteiger partial charge in [-0.3, -0.25) is 4.72 Å². The van der Waals surface area contributed by atoms with Crippen LogP contribution in [0.1, 0.15) is 18.9 Å². The maximum absolute atomic E-state index is 11.6. The normalized spacial score (nSPS) is 12.1. The number of para-hydroxylation sites is 2. The molecule has 0 aliphatic carbocycles. The number of aromatic nitrogens is 1. The van der Waals surface area contributed by atoms with E-state index in [2.05, 4.69) is 61.4 Å². The minimum Gasteiger partial charge on any atom is -0.357 e. The minimum absolute atomic E-state index is 0.371. The second kappa shape index (κ2) is 10.2. The van der Waals surface area contributed by atoms with Crippen molar-refractivity contribution in [1.82, 2.24) is 15.2 Å². The molecule has 160 valence electrons. The third kappa shape index (κ3) is 6.25. The Hall–Kier alpha value is -3.00. The Kier molecular flexibility index (Phi) is 7.35. The molecule has 3 N–H and O–H groups in total. The number of fused-ring (bicyclic) bond motifs is 1. The predicted molar refractivity (Wildman–Crippen MR) is 124 cm³/mol. The van der Waals surface area contributed by atoms with Crippen molar-refractivity contribution >= 4 is 32.6 Å². The molecule has 0 aliphatic heterocycles. The minimum atomic E-state index is -3.34. The largest absolute Gasteiger partial charge is 0.357 e. The smallest absolute Gasteiger partial charge is 0.229 e. The summed E-state index contributed by atoms with van der Waals surface area (Å²) in [6.07, 6.45) is 4.22. The molecule has 3 aromatic rings. The van der Waals surface area contributed by atoms with E-state index in [9.17, 15) is 8.42 Å². The predicted octanol–water partition coefficient (Wildman–Crippen LogP) is 3.16. The van der Waals surface area contributed by atoms with Gasteiger partial charge in [-0.25, -0.2) is 13.4 Å². The molecular formula is C22H29N5O2S. The van der Waals surface area contributed by atoms with Crippen molar-refractivity contribution in [3.63, 3.8) is 0 Å². The number of sulfonamides is 1. The average Bonchev–Trinajstić information content (AvgIpc) is 3.12. The fourth-order valence-corrected chi connectivity index (χ4v) is 3.85. The number of aliphatic imine (C=N–C) groups is 1. The quantitative estimate of drug-likeness (QED) is 0.278. The number of hydrogen-bond acceptors (Lipinski definition) is 3. The Balaban J connectivity index is 1.57. The summed E-state index contributed by atoms with van der Waals surface area (Å²) >= 11 is 0. The number of anilines is 1. The molecule has 1 heterocycles. The van der Waals surface area contributed by atoms with Gasteiger partial charge in [0.15, 0.2) is 5.96 Å². The summed E-state index contributed by atoms with van der Waals surface area (Å²) in [5.41, 5.74) is 2.62. The maximum Gasteiger partial charge on any atom is 0.229 e. The Morgan fingerprint density at radius 1 is 1.03 bits per heavy atom. The molecule has 2 aromatic carbocycles. The first kappa shape index (κ1) is 21.7. The molecule has 0 saturated heterocycles. The van der Waals surface area contributed by atoms with Crippen molar-refractivity contribution in [2.24, 2.45) is 4.99 Å². The topological polar surface area (TPSA) is 87.5 Å². The Morgan fingerprint density at radius 2 is 1.80 bits per heavy atom. The molecule has 0 atom stereocenters. The zero-order valence-corrected chi connectivity index (χ0v) is 18.2. The Bertz CT molecular complexity index is 1110.